The number of hydrogen-bond acceptors (Lipinski definition) is 7. The zero-order chi connectivity index (χ0) is 16.1. The second-order valence-corrected chi connectivity index (χ2v) is 4.50. The van der Waals surface area contributed by atoms with Crippen LogP contribution in [0, 0.1) is 0 Å². The highest BCUT2D eigenvalue weighted by atomic mass is 35.5. The minimum atomic E-state index is -0.857. The molecule has 0 saturated carbocycles. The molecular weight excluding hydrogens is 326 g/mol. The van der Waals surface area contributed by atoms with Crippen molar-refractivity contribution in [2.45, 2.75) is 19.4 Å². The van der Waals surface area contributed by atoms with E-state index in [4.69, 9.17) is 20.3 Å². The van der Waals surface area contributed by atoms with Gasteiger partial charge in [-0.25, -0.2) is 0 Å². The quantitative estimate of drug-likeness (QED) is 0.719. The number of aromatic nitrogens is 4. The van der Waals surface area contributed by atoms with Crippen LogP contribution >= 0.6 is 12.4 Å². The van der Waals surface area contributed by atoms with E-state index in [0.29, 0.717) is 41.5 Å². The van der Waals surface area contributed by atoms with Crippen molar-refractivity contribution in [3.05, 3.63) is 12.1 Å². The zero-order valence-corrected chi connectivity index (χ0v) is 13.5. The third-order valence-electron chi connectivity index (χ3n) is 3.00. The van der Waals surface area contributed by atoms with Gasteiger partial charge in [0.2, 0.25) is 5.82 Å². The third-order valence-corrected chi connectivity index (χ3v) is 3.00. The Morgan fingerprint density at radius 1 is 1.30 bits per heavy atom. The lowest BCUT2D eigenvalue weighted by atomic mass is 10.1. The van der Waals surface area contributed by atoms with Gasteiger partial charge in [-0.05, 0) is 17.7 Å². The van der Waals surface area contributed by atoms with E-state index in [0.717, 1.165) is 0 Å². The summed E-state index contributed by atoms with van der Waals surface area (Å²) in [4.78, 5) is 11.8. The van der Waals surface area contributed by atoms with Gasteiger partial charge in [-0.15, -0.1) is 22.6 Å². The second kappa shape index (κ2) is 8.18. The van der Waals surface area contributed by atoms with Gasteiger partial charge in [0, 0.05) is 23.7 Å². The van der Waals surface area contributed by atoms with Crippen LogP contribution in [0.1, 0.15) is 12.8 Å². The number of carboxylic acids is 1. The molecule has 2 aromatic rings. The lowest BCUT2D eigenvalue weighted by Gasteiger charge is -2.10. The molecule has 0 radical (unpaired) electrons. The summed E-state index contributed by atoms with van der Waals surface area (Å²) in [5, 5.41) is 20.6. The Hall–Kier alpha value is -2.55. The normalized spacial score (nSPS) is 10.0. The Kier molecular flexibility index (Phi) is 6.58. The van der Waals surface area contributed by atoms with Crippen molar-refractivity contribution in [2.24, 2.45) is 0 Å². The minimum Gasteiger partial charge on any atom is -0.493 e. The summed E-state index contributed by atoms with van der Waals surface area (Å²) in [6.07, 6.45) is 0.474. The number of carboxylic acid groups (broad SMARTS) is 1. The van der Waals surface area contributed by atoms with Crippen molar-refractivity contribution < 1.29 is 19.4 Å². The molecule has 0 amide bonds. The first-order valence-corrected chi connectivity index (χ1v) is 6.56. The van der Waals surface area contributed by atoms with Gasteiger partial charge < -0.3 is 20.3 Å². The number of rotatable bonds is 7. The molecular formula is C13H18ClN5O4. The molecule has 1 heterocycles. The maximum atomic E-state index is 10.5. The summed E-state index contributed by atoms with van der Waals surface area (Å²) < 4.78 is 10.4. The van der Waals surface area contributed by atoms with Gasteiger partial charge in [0.25, 0.3) is 0 Å². The maximum absolute atomic E-state index is 10.5. The van der Waals surface area contributed by atoms with E-state index >= 15 is 0 Å². The highest BCUT2D eigenvalue weighted by molar-refractivity contribution is 5.85. The first-order valence-electron chi connectivity index (χ1n) is 6.56. The van der Waals surface area contributed by atoms with E-state index in [1.54, 1.807) is 12.1 Å². The van der Waals surface area contributed by atoms with Crippen molar-refractivity contribution >= 4 is 24.1 Å². The number of aliphatic carboxylic acids is 1. The third kappa shape index (κ3) is 4.46. The molecule has 0 saturated heterocycles. The molecule has 9 nitrogen and oxygen atoms in total. The second-order valence-electron chi connectivity index (χ2n) is 4.50. The van der Waals surface area contributed by atoms with Crippen molar-refractivity contribution in [3.63, 3.8) is 0 Å². The zero-order valence-electron chi connectivity index (χ0n) is 12.7. The van der Waals surface area contributed by atoms with E-state index in [-0.39, 0.29) is 18.8 Å². The van der Waals surface area contributed by atoms with Crippen LogP contribution in [-0.4, -0.2) is 45.5 Å². The van der Waals surface area contributed by atoms with Crippen molar-refractivity contribution in [2.75, 3.05) is 20.0 Å². The highest BCUT2D eigenvalue weighted by Gasteiger charge is 2.15. The molecule has 0 aliphatic rings. The number of tetrazole rings is 1. The van der Waals surface area contributed by atoms with Crippen LogP contribution in [0.5, 0.6) is 11.5 Å². The minimum absolute atomic E-state index is 0. The standard InChI is InChI=1S/C13H17N5O4.ClH/c1-21-10-6-8(9(14)7-11(10)22-2)13-15-17-18(16-13)5-3-4-12(19)20;/h6-7H,3-5,14H2,1-2H3,(H,19,20);1H. The smallest absolute Gasteiger partial charge is 0.303 e. The number of anilines is 1. The Morgan fingerprint density at radius 2 is 1.96 bits per heavy atom. The molecule has 2 rings (SSSR count). The Bertz CT molecular complexity index is 676. The molecule has 126 valence electrons. The van der Waals surface area contributed by atoms with Gasteiger partial charge in [-0.3, -0.25) is 4.79 Å². The lowest BCUT2D eigenvalue weighted by Crippen LogP contribution is -2.05. The SMILES string of the molecule is COc1cc(N)c(-c2nnn(CCCC(=O)O)n2)cc1OC.Cl. The number of nitrogen functional groups attached to an aromatic ring is 1. The summed E-state index contributed by atoms with van der Waals surface area (Å²) in [6.45, 7) is 0.368. The average Bonchev–Trinajstić information content (AvgIpc) is 2.95. The summed E-state index contributed by atoms with van der Waals surface area (Å²) in [6, 6.07) is 3.30. The first-order chi connectivity index (χ1) is 10.5. The predicted molar refractivity (Wildman–Crippen MR) is 84.9 cm³/mol. The summed E-state index contributed by atoms with van der Waals surface area (Å²) in [5.74, 6) is 0.504. The molecule has 0 aliphatic carbocycles. The fraction of sp³-hybridized carbons (Fsp3) is 0.385. The summed E-state index contributed by atoms with van der Waals surface area (Å²) in [5.41, 5.74) is 6.98. The number of hydrogen-bond donors (Lipinski definition) is 2. The number of methoxy groups -OCH3 is 2. The van der Waals surface area contributed by atoms with E-state index in [1.165, 1.54) is 19.0 Å². The molecule has 23 heavy (non-hydrogen) atoms. The molecule has 0 unspecified atom stereocenters. The van der Waals surface area contributed by atoms with Crippen molar-refractivity contribution in [3.8, 4) is 22.9 Å². The van der Waals surface area contributed by atoms with E-state index in [9.17, 15) is 4.79 Å². The van der Waals surface area contributed by atoms with E-state index in [2.05, 4.69) is 15.4 Å². The Morgan fingerprint density at radius 3 is 2.57 bits per heavy atom. The van der Waals surface area contributed by atoms with Gasteiger partial charge in [-0.2, -0.15) is 4.80 Å². The average molecular weight is 344 g/mol. The number of nitrogens with two attached hydrogens (primary N) is 1. The van der Waals surface area contributed by atoms with E-state index < -0.39 is 5.97 Å². The van der Waals surface area contributed by atoms with Crippen LogP contribution < -0.4 is 15.2 Å². The monoisotopic (exact) mass is 343 g/mol. The van der Waals surface area contributed by atoms with Crippen LogP contribution in [0.3, 0.4) is 0 Å². The van der Waals surface area contributed by atoms with E-state index in [1.807, 2.05) is 0 Å². The molecule has 10 heteroatoms. The van der Waals surface area contributed by atoms with Gasteiger partial charge in [0.15, 0.2) is 11.5 Å². The Labute approximate surface area is 138 Å². The molecule has 0 spiro atoms. The van der Waals surface area contributed by atoms with Crippen LogP contribution in [-0.2, 0) is 11.3 Å². The molecule has 3 N–H and O–H groups in total. The van der Waals surface area contributed by atoms with Crippen LogP contribution in [0.4, 0.5) is 5.69 Å². The van der Waals surface area contributed by atoms with Crippen LogP contribution in [0.25, 0.3) is 11.4 Å². The fourth-order valence-corrected chi connectivity index (χ4v) is 1.91. The number of aryl methyl sites for hydroxylation is 1. The summed E-state index contributed by atoms with van der Waals surface area (Å²) >= 11 is 0. The van der Waals surface area contributed by atoms with Gasteiger partial charge in [-0.1, -0.05) is 0 Å². The summed E-state index contributed by atoms with van der Waals surface area (Å²) in [7, 11) is 3.04. The van der Waals surface area contributed by atoms with Gasteiger partial charge in [0.05, 0.1) is 20.8 Å². The molecule has 0 bridgehead atoms. The molecule has 0 aliphatic heterocycles. The number of nitrogens with zero attached hydrogens (tertiary/aromatic N) is 4. The van der Waals surface area contributed by atoms with Crippen LogP contribution in [0.2, 0.25) is 0 Å². The first kappa shape index (κ1) is 18.5. The number of ether oxygens (including phenoxy) is 2. The number of carbonyl (C=O) groups is 1. The topological polar surface area (TPSA) is 125 Å². The van der Waals surface area contributed by atoms with Crippen LogP contribution in [0.15, 0.2) is 12.1 Å². The van der Waals surface area contributed by atoms with Gasteiger partial charge in [0.1, 0.15) is 0 Å². The maximum Gasteiger partial charge on any atom is 0.303 e. The molecule has 1 aromatic carbocycles. The highest BCUT2D eigenvalue weighted by Crippen LogP contribution is 2.35. The molecule has 0 atom stereocenters. The largest absolute Gasteiger partial charge is 0.493 e. The van der Waals surface area contributed by atoms with Crippen molar-refractivity contribution in [1.29, 1.82) is 0 Å². The Balaban J connectivity index is 0.00000264. The van der Waals surface area contributed by atoms with Gasteiger partial charge >= 0.3 is 5.97 Å². The predicted octanol–water partition coefficient (Wildman–Crippen LogP) is 1.23. The number of benzene rings is 1. The number of halogens is 1. The molecule has 0 fully saturated rings. The lowest BCUT2D eigenvalue weighted by molar-refractivity contribution is -0.137. The van der Waals surface area contributed by atoms with Crippen molar-refractivity contribution in [1.82, 2.24) is 20.2 Å². The molecule has 1 aromatic heterocycles. The fourth-order valence-electron chi connectivity index (χ4n) is 1.91.